The van der Waals surface area contributed by atoms with Crippen LogP contribution in [0.15, 0.2) is 54.7 Å². The van der Waals surface area contributed by atoms with Crippen molar-refractivity contribution in [3.8, 4) is 0 Å². The average molecular weight is 358 g/mol. The lowest BCUT2D eigenvalue weighted by Gasteiger charge is -2.27. The van der Waals surface area contributed by atoms with Crippen molar-refractivity contribution >= 4 is 22.2 Å². The van der Waals surface area contributed by atoms with Crippen LogP contribution in [0.1, 0.15) is 16.8 Å². The van der Waals surface area contributed by atoms with Crippen LogP contribution in [0, 0.1) is 6.92 Å². The lowest BCUT2D eigenvalue weighted by molar-refractivity contribution is 0.122. The molecule has 0 spiro atoms. The van der Waals surface area contributed by atoms with Crippen molar-refractivity contribution in [2.45, 2.75) is 13.3 Å². The van der Waals surface area contributed by atoms with Crippen LogP contribution in [0.5, 0.6) is 0 Å². The first kappa shape index (κ1) is 16.3. The molecule has 0 unspecified atom stereocenters. The van der Waals surface area contributed by atoms with E-state index in [4.69, 9.17) is 9.72 Å². The topological polar surface area (TPSA) is 42.7 Å². The Morgan fingerprint density at radius 3 is 2.70 bits per heavy atom. The van der Waals surface area contributed by atoms with Crippen molar-refractivity contribution in [1.82, 2.24) is 14.6 Å². The van der Waals surface area contributed by atoms with Crippen LogP contribution in [-0.2, 0) is 11.2 Å². The highest BCUT2D eigenvalue weighted by atomic mass is 16.5. The zero-order valence-electron chi connectivity index (χ0n) is 15.4. The van der Waals surface area contributed by atoms with Gasteiger partial charge < -0.3 is 9.64 Å². The molecule has 4 aromatic rings. The van der Waals surface area contributed by atoms with Crippen LogP contribution in [0.4, 0.5) is 5.82 Å². The normalized spacial score (nSPS) is 14.9. The molecule has 136 valence electrons. The molecule has 1 aliphatic heterocycles. The minimum Gasteiger partial charge on any atom is -0.378 e. The molecule has 0 aliphatic carbocycles. The number of nitrogens with zero attached hydrogens (tertiary/aromatic N) is 4. The molecule has 2 aromatic carbocycles. The summed E-state index contributed by atoms with van der Waals surface area (Å²) >= 11 is 0. The Labute approximate surface area is 158 Å². The van der Waals surface area contributed by atoms with E-state index >= 15 is 0 Å². The molecule has 0 radical (unpaired) electrons. The Kier molecular flexibility index (Phi) is 4.02. The fraction of sp³-hybridized carbons (Fsp3) is 0.273. The summed E-state index contributed by atoms with van der Waals surface area (Å²) in [6.07, 6.45) is 2.85. The summed E-state index contributed by atoms with van der Waals surface area (Å²) in [6, 6.07) is 17.1. The van der Waals surface area contributed by atoms with Gasteiger partial charge in [0.15, 0.2) is 5.65 Å². The maximum Gasteiger partial charge on any atom is 0.161 e. The Morgan fingerprint density at radius 1 is 1.00 bits per heavy atom. The Balaban J connectivity index is 1.58. The van der Waals surface area contributed by atoms with E-state index in [9.17, 15) is 0 Å². The van der Waals surface area contributed by atoms with Gasteiger partial charge in [-0.1, -0.05) is 42.5 Å². The summed E-state index contributed by atoms with van der Waals surface area (Å²) in [5.41, 5.74) is 4.49. The van der Waals surface area contributed by atoms with Gasteiger partial charge >= 0.3 is 0 Å². The van der Waals surface area contributed by atoms with Crippen molar-refractivity contribution < 1.29 is 4.74 Å². The summed E-state index contributed by atoms with van der Waals surface area (Å²) in [7, 11) is 0. The summed E-state index contributed by atoms with van der Waals surface area (Å²) < 4.78 is 7.37. The Morgan fingerprint density at radius 2 is 1.81 bits per heavy atom. The van der Waals surface area contributed by atoms with Crippen LogP contribution in [0.2, 0.25) is 0 Å². The van der Waals surface area contributed by atoms with Gasteiger partial charge in [-0.3, -0.25) is 0 Å². The third-order valence-electron chi connectivity index (χ3n) is 5.35. The SMILES string of the molecule is Cc1nn2ccc(N3CCOCC3)nc2c1Cc1cccc2ccccc12. The van der Waals surface area contributed by atoms with Crippen molar-refractivity contribution in [1.29, 1.82) is 0 Å². The third kappa shape index (κ3) is 2.94. The van der Waals surface area contributed by atoms with E-state index in [0.29, 0.717) is 0 Å². The third-order valence-corrected chi connectivity index (χ3v) is 5.35. The maximum absolute atomic E-state index is 5.47. The second-order valence-corrected chi connectivity index (χ2v) is 7.03. The van der Waals surface area contributed by atoms with Gasteiger partial charge in [0.2, 0.25) is 0 Å². The zero-order chi connectivity index (χ0) is 18.2. The zero-order valence-corrected chi connectivity index (χ0v) is 15.4. The van der Waals surface area contributed by atoms with Crippen LogP contribution >= 0.6 is 0 Å². The molecule has 5 nitrogen and oxygen atoms in total. The van der Waals surface area contributed by atoms with Crippen molar-refractivity contribution in [2.24, 2.45) is 0 Å². The van der Waals surface area contributed by atoms with Gasteiger partial charge in [0, 0.05) is 31.3 Å². The molecule has 27 heavy (non-hydrogen) atoms. The van der Waals surface area contributed by atoms with E-state index in [0.717, 1.165) is 49.9 Å². The minimum atomic E-state index is 0.758. The van der Waals surface area contributed by atoms with Crippen LogP contribution in [-0.4, -0.2) is 40.9 Å². The molecule has 0 atom stereocenters. The molecule has 5 rings (SSSR count). The maximum atomic E-state index is 5.47. The second kappa shape index (κ2) is 6.67. The number of aromatic nitrogens is 3. The average Bonchev–Trinajstić information content (AvgIpc) is 3.03. The van der Waals surface area contributed by atoms with Gasteiger partial charge in [-0.2, -0.15) is 5.10 Å². The summed E-state index contributed by atoms with van der Waals surface area (Å²) in [5, 5.41) is 7.25. The van der Waals surface area contributed by atoms with Crippen molar-refractivity contribution in [3.05, 3.63) is 71.5 Å². The summed E-state index contributed by atoms with van der Waals surface area (Å²) in [5.74, 6) is 1.00. The second-order valence-electron chi connectivity index (χ2n) is 7.03. The molecular formula is C22H22N4O. The quantitative estimate of drug-likeness (QED) is 0.561. The number of hydrogen-bond donors (Lipinski definition) is 0. The van der Waals surface area contributed by atoms with E-state index in [2.05, 4.69) is 59.4 Å². The van der Waals surface area contributed by atoms with Crippen LogP contribution in [0.25, 0.3) is 16.4 Å². The summed E-state index contributed by atoms with van der Waals surface area (Å²) in [6.45, 7) is 5.36. The van der Waals surface area contributed by atoms with Crippen LogP contribution < -0.4 is 4.90 Å². The van der Waals surface area contributed by atoms with Crippen molar-refractivity contribution in [3.63, 3.8) is 0 Å². The minimum absolute atomic E-state index is 0.758. The predicted molar refractivity (Wildman–Crippen MR) is 108 cm³/mol. The monoisotopic (exact) mass is 358 g/mol. The van der Waals surface area contributed by atoms with E-state index < -0.39 is 0 Å². The van der Waals surface area contributed by atoms with Gasteiger partial charge in [-0.25, -0.2) is 9.50 Å². The fourth-order valence-corrected chi connectivity index (χ4v) is 3.89. The number of morpholine rings is 1. The first-order chi connectivity index (χ1) is 13.3. The molecular weight excluding hydrogens is 336 g/mol. The molecule has 0 bridgehead atoms. The number of fused-ring (bicyclic) bond motifs is 2. The number of benzene rings is 2. The largest absolute Gasteiger partial charge is 0.378 e. The van der Waals surface area contributed by atoms with Crippen molar-refractivity contribution in [2.75, 3.05) is 31.2 Å². The molecule has 2 aromatic heterocycles. The molecule has 1 aliphatic rings. The fourth-order valence-electron chi connectivity index (χ4n) is 3.89. The molecule has 1 saturated heterocycles. The molecule has 5 heteroatoms. The Hall–Kier alpha value is -2.92. The van der Waals surface area contributed by atoms with E-state index in [1.165, 1.54) is 21.9 Å². The van der Waals surface area contributed by atoms with Gasteiger partial charge in [-0.05, 0) is 29.3 Å². The van der Waals surface area contributed by atoms with E-state index in [1.807, 2.05) is 16.8 Å². The highest BCUT2D eigenvalue weighted by Gasteiger charge is 2.17. The number of aryl methyl sites for hydroxylation is 1. The lowest BCUT2D eigenvalue weighted by Crippen LogP contribution is -2.36. The smallest absolute Gasteiger partial charge is 0.161 e. The van der Waals surface area contributed by atoms with E-state index in [1.54, 1.807) is 0 Å². The Bertz CT molecular complexity index is 1110. The number of hydrogen-bond acceptors (Lipinski definition) is 4. The van der Waals surface area contributed by atoms with Gasteiger partial charge in [-0.15, -0.1) is 0 Å². The molecule has 0 N–H and O–H groups in total. The molecule has 1 fully saturated rings. The number of ether oxygens (including phenoxy) is 1. The predicted octanol–water partition coefficient (Wildman–Crippen LogP) is 3.62. The number of rotatable bonds is 3. The molecule has 0 saturated carbocycles. The molecule has 3 heterocycles. The summed E-state index contributed by atoms with van der Waals surface area (Å²) in [4.78, 5) is 7.25. The van der Waals surface area contributed by atoms with Gasteiger partial charge in [0.1, 0.15) is 5.82 Å². The standard InChI is InChI=1S/C22H22N4O/c1-16-20(15-18-7-4-6-17-5-2-3-8-19(17)18)22-23-21(9-10-26(22)24-16)25-11-13-27-14-12-25/h2-10H,11-15H2,1H3. The molecule has 0 amide bonds. The van der Waals surface area contributed by atoms with Crippen LogP contribution in [0.3, 0.4) is 0 Å². The highest BCUT2D eigenvalue weighted by Crippen LogP contribution is 2.25. The lowest BCUT2D eigenvalue weighted by atomic mass is 9.98. The number of anilines is 1. The first-order valence-corrected chi connectivity index (χ1v) is 9.44. The van der Waals surface area contributed by atoms with Gasteiger partial charge in [0.25, 0.3) is 0 Å². The highest BCUT2D eigenvalue weighted by molar-refractivity contribution is 5.86. The van der Waals surface area contributed by atoms with Gasteiger partial charge in [0.05, 0.1) is 18.9 Å². The van der Waals surface area contributed by atoms with E-state index in [-0.39, 0.29) is 0 Å². The first-order valence-electron chi connectivity index (χ1n) is 9.44.